The van der Waals surface area contributed by atoms with Crippen LogP contribution in [0, 0.1) is 0 Å². The molecule has 3 aromatic rings. The lowest BCUT2D eigenvalue weighted by molar-refractivity contribution is -0.120. The van der Waals surface area contributed by atoms with E-state index in [0.717, 1.165) is 11.3 Å². The minimum atomic E-state index is -0.365. The Morgan fingerprint density at radius 3 is 2.69 bits per heavy atom. The Bertz CT molecular complexity index is 1000. The van der Waals surface area contributed by atoms with Gasteiger partial charge in [-0.3, -0.25) is 9.36 Å². The third kappa shape index (κ3) is 4.81. The number of nitrogens with zero attached hydrogens (tertiary/aromatic N) is 3. The minimum absolute atomic E-state index is 0.0978. The van der Waals surface area contributed by atoms with Crippen molar-refractivity contribution in [3.63, 3.8) is 0 Å². The average Bonchev–Trinajstić information content (AvgIpc) is 3.15. The molecule has 150 valence electrons. The zero-order valence-electron chi connectivity index (χ0n) is 16.1. The Morgan fingerprint density at radius 1 is 1.28 bits per heavy atom. The Balaban J connectivity index is 2.05. The second kappa shape index (κ2) is 9.62. The molecule has 0 fully saturated rings. The number of benzene rings is 2. The summed E-state index contributed by atoms with van der Waals surface area (Å²) in [5.74, 6) is 1.20. The summed E-state index contributed by atoms with van der Waals surface area (Å²) in [4.78, 5) is 12.3. The number of amides is 1. The highest BCUT2D eigenvalue weighted by Crippen LogP contribution is 2.34. The summed E-state index contributed by atoms with van der Waals surface area (Å²) in [7, 11) is 1.61. The third-order valence-electron chi connectivity index (χ3n) is 4.14. The molecule has 0 aliphatic rings. The zero-order chi connectivity index (χ0) is 20.8. The smallest absolute Gasteiger partial charge is 0.233 e. The van der Waals surface area contributed by atoms with E-state index in [2.05, 4.69) is 22.1 Å². The lowest BCUT2D eigenvalue weighted by Gasteiger charge is -2.14. The van der Waals surface area contributed by atoms with Gasteiger partial charge in [0.25, 0.3) is 0 Å². The van der Waals surface area contributed by atoms with E-state index >= 15 is 0 Å². The second-order valence-corrected chi connectivity index (χ2v) is 7.86. The van der Waals surface area contributed by atoms with E-state index in [4.69, 9.17) is 16.3 Å². The molecule has 3 rings (SSSR count). The van der Waals surface area contributed by atoms with Crippen LogP contribution in [-0.4, -0.2) is 39.6 Å². The summed E-state index contributed by atoms with van der Waals surface area (Å²) >= 11 is 7.39. The standard InChI is InChI=1S/C21H21ClN4O2S/c1-4-13-23-20(27)14(2)29-21-25-24-19(17-7-5-6-8-18(17)28-3)26(21)16-11-9-15(22)10-12-16/h4-12,14H,1,13H2,2-3H3,(H,23,27). The fraction of sp³-hybridized carbons (Fsp3) is 0.190. The predicted octanol–water partition coefficient (Wildman–Crippen LogP) is 4.38. The molecule has 8 heteroatoms. The molecule has 2 aromatic carbocycles. The Hall–Kier alpha value is -2.77. The summed E-state index contributed by atoms with van der Waals surface area (Å²) in [5.41, 5.74) is 1.63. The minimum Gasteiger partial charge on any atom is -0.496 e. The van der Waals surface area contributed by atoms with Crippen LogP contribution in [-0.2, 0) is 4.79 Å². The van der Waals surface area contributed by atoms with Crippen LogP contribution in [0.4, 0.5) is 0 Å². The molecule has 29 heavy (non-hydrogen) atoms. The average molecular weight is 429 g/mol. The molecule has 0 aliphatic heterocycles. The quantitative estimate of drug-likeness (QED) is 0.426. The van der Waals surface area contributed by atoms with Crippen LogP contribution in [0.1, 0.15) is 6.92 Å². The van der Waals surface area contributed by atoms with Crippen molar-refractivity contribution < 1.29 is 9.53 Å². The summed E-state index contributed by atoms with van der Waals surface area (Å²) in [6.07, 6.45) is 1.64. The molecule has 1 atom stereocenters. The largest absolute Gasteiger partial charge is 0.496 e. The first kappa shape index (κ1) is 21.0. The summed E-state index contributed by atoms with van der Waals surface area (Å²) in [6, 6.07) is 15.0. The van der Waals surface area contributed by atoms with E-state index in [1.807, 2.05) is 47.9 Å². The summed E-state index contributed by atoms with van der Waals surface area (Å²) in [5, 5.41) is 12.4. The van der Waals surface area contributed by atoms with Gasteiger partial charge in [0, 0.05) is 17.3 Å². The first-order chi connectivity index (χ1) is 14.0. The molecule has 1 amide bonds. The molecular weight excluding hydrogens is 408 g/mol. The van der Waals surface area contributed by atoms with Gasteiger partial charge in [0.2, 0.25) is 5.91 Å². The van der Waals surface area contributed by atoms with Crippen molar-refractivity contribution in [1.82, 2.24) is 20.1 Å². The molecule has 1 heterocycles. The predicted molar refractivity (Wildman–Crippen MR) is 117 cm³/mol. The lowest BCUT2D eigenvalue weighted by Crippen LogP contribution is -2.31. The molecule has 1 aromatic heterocycles. The maximum atomic E-state index is 12.3. The molecule has 0 radical (unpaired) electrons. The van der Waals surface area contributed by atoms with E-state index < -0.39 is 0 Å². The van der Waals surface area contributed by atoms with Gasteiger partial charge >= 0.3 is 0 Å². The van der Waals surface area contributed by atoms with Crippen LogP contribution in [0.3, 0.4) is 0 Å². The zero-order valence-corrected chi connectivity index (χ0v) is 17.7. The van der Waals surface area contributed by atoms with Crippen LogP contribution in [0.25, 0.3) is 17.1 Å². The van der Waals surface area contributed by atoms with Crippen molar-refractivity contribution in [2.45, 2.75) is 17.3 Å². The van der Waals surface area contributed by atoms with Gasteiger partial charge in [-0.1, -0.05) is 41.6 Å². The molecular formula is C21H21ClN4O2S. The van der Waals surface area contributed by atoms with Crippen LogP contribution in [0.15, 0.2) is 66.3 Å². The van der Waals surface area contributed by atoms with Gasteiger partial charge in [-0.2, -0.15) is 0 Å². The molecule has 6 nitrogen and oxygen atoms in total. The number of thioether (sulfide) groups is 1. The molecule has 1 N–H and O–H groups in total. The number of hydrogen-bond acceptors (Lipinski definition) is 5. The summed E-state index contributed by atoms with van der Waals surface area (Å²) < 4.78 is 7.40. The molecule has 0 saturated carbocycles. The Labute approximate surface area is 178 Å². The second-order valence-electron chi connectivity index (χ2n) is 6.11. The number of carbonyl (C=O) groups excluding carboxylic acids is 1. The maximum absolute atomic E-state index is 12.3. The highest BCUT2D eigenvalue weighted by Gasteiger charge is 2.23. The fourth-order valence-electron chi connectivity index (χ4n) is 2.70. The number of para-hydroxylation sites is 1. The van der Waals surface area contributed by atoms with E-state index in [1.165, 1.54) is 11.8 Å². The van der Waals surface area contributed by atoms with Crippen LogP contribution < -0.4 is 10.1 Å². The first-order valence-corrected chi connectivity index (χ1v) is 10.2. The van der Waals surface area contributed by atoms with Gasteiger partial charge in [-0.15, -0.1) is 16.8 Å². The number of methoxy groups -OCH3 is 1. The van der Waals surface area contributed by atoms with Gasteiger partial charge in [-0.25, -0.2) is 0 Å². The first-order valence-electron chi connectivity index (χ1n) is 8.95. The van der Waals surface area contributed by atoms with Crippen molar-refractivity contribution >= 4 is 29.3 Å². The molecule has 1 unspecified atom stereocenters. The number of carbonyl (C=O) groups is 1. The number of hydrogen-bond donors (Lipinski definition) is 1. The van der Waals surface area contributed by atoms with E-state index in [1.54, 1.807) is 25.3 Å². The molecule has 0 spiro atoms. The number of halogens is 1. The van der Waals surface area contributed by atoms with E-state index in [0.29, 0.717) is 28.3 Å². The number of nitrogens with one attached hydrogen (secondary N) is 1. The summed E-state index contributed by atoms with van der Waals surface area (Å²) in [6.45, 7) is 5.86. The molecule has 0 bridgehead atoms. The Kier molecular flexibility index (Phi) is 6.95. The lowest BCUT2D eigenvalue weighted by atomic mass is 10.2. The number of aromatic nitrogens is 3. The van der Waals surface area contributed by atoms with Crippen molar-refractivity contribution in [2.24, 2.45) is 0 Å². The van der Waals surface area contributed by atoms with Gasteiger partial charge in [0.1, 0.15) is 5.75 Å². The van der Waals surface area contributed by atoms with Crippen molar-refractivity contribution in [2.75, 3.05) is 13.7 Å². The molecule has 0 aliphatic carbocycles. The third-order valence-corrected chi connectivity index (χ3v) is 5.43. The monoisotopic (exact) mass is 428 g/mol. The highest BCUT2D eigenvalue weighted by molar-refractivity contribution is 8.00. The van der Waals surface area contributed by atoms with Crippen molar-refractivity contribution in [3.05, 3.63) is 66.2 Å². The van der Waals surface area contributed by atoms with Gasteiger partial charge < -0.3 is 10.1 Å². The topological polar surface area (TPSA) is 69.0 Å². The number of rotatable bonds is 8. The number of ether oxygens (including phenoxy) is 1. The van der Waals surface area contributed by atoms with E-state index in [9.17, 15) is 4.79 Å². The normalized spacial score (nSPS) is 11.7. The van der Waals surface area contributed by atoms with Gasteiger partial charge in [-0.05, 0) is 43.3 Å². The van der Waals surface area contributed by atoms with Gasteiger partial charge in [0.15, 0.2) is 11.0 Å². The maximum Gasteiger partial charge on any atom is 0.233 e. The van der Waals surface area contributed by atoms with Gasteiger partial charge in [0.05, 0.1) is 17.9 Å². The van der Waals surface area contributed by atoms with Crippen LogP contribution in [0.2, 0.25) is 5.02 Å². The SMILES string of the molecule is C=CCNC(=O)C(C)Sc1nnc(-c2ccccc2OC)n1-c1ccc(Cl)cc1. The Morgan fingerprint density at radius 2 is 2.00 bits per heavy atom. The van der Waals surface area contributed by atoms with Crippen LogP contribution in [0.5, 0.6) is 5.75 Å². The fourth-order valence-corrected chi connectivity index (χ4v) is 3.72. The van der Waals surface area contributed by atoms with Crippen molar-refractivity contribution in [3.8, 4) is 22.8 Å². The van der Waals surface area contributed by atoms with Crippen LogP contribution >= 0.6 is 23.4 Å². The van der Waals surface area contributed by atoms with E-state index in [-0.39, 0.29) is 11.2 Å². The highest BCUT2D eigenvalue weighted by atomic mass is 35.5. The van der Waals surface area contributed by atoms with Crippen molar-refractivity contribution in [1.29, 1.82) is 0 Å². The molecule has 0 saturated heterocycles.